The number of nitrogens with one attached hydrogen (secondary N) is 2. The lowest BCUT2D eigenvalue weighted by Crippen LogP contribution is -2.45. The normalized spacial score (nSPS) is 25.3. The van der Waals surface area contributed by atoms with Crippen molar-refractivity contribution in [1.29, 1.82) is 0 Å². The molecule has 2 fully saturated rings. The molecule has 2 aliphatic rings. The van der Waals surface area contributed by atoms with Crippen LogP contribution in [0.2, 0.25) is 0 Å². The van der Waals surface area contributed by atoms with Crippen molar-refractivity contribution >= 4 is 29.9 Å². The van der Waals surface area contributed by atoms with E-state index in [0.717, 1.165) is 64.1 Å². The molecule has 25 heavy (non-hydrogen) atoms. The Kier molecular flexibility index (Phi) is 12.9. The Morgan fingerprint density at radius 1 is 1.08 bits per heavy atom. The lowest BCUT2D eigenvalue weighted by Gasteiger charge is -2.29. The van der Waals surface area contributed by atoms with Crippen molar-refractivity contribution in [2.45, 2.75) is 77.4 Å². The van der Waals surface area contributed by atoms with Crippen LogP contribution >= 0.6 is 24.0 Å². The maximum Gasteiger partial charge on any atom is 0.191 e. The number of nitrogens with zero attached hydrogens (tertiary/aromatic N) is 1. The minimum Gasteiger partial charge on any atom is -0.381 e. The van der Waals surface area contributed by atoms with E-state index in [1.807, 2.05) is 0 Å². The number of halogens is 1. The average molecular weight is 467 g/mol. The smallest absolute Gasteiger partial charge is 0.191 e. The molecule has 0 radical (unpaired) electrons. The summed E-state index contributed by atoms with van der Waals surface area (Å²) in [5.41, 5.74) is 0. The molecule has 0 aromatic rings. The van der Waals surface area contributed by atoms with Crippen LogP contribution in [0.5, 0.6) is 0 Å². The fourth-order valence-electron chi connectivity index (χ4n) is 3.58. The summed E-state index contributed by atoms with van der Waals surface area (Å²) >= 11 is 0. The molecule has 0 unspecified atom stereocenters. The Morgan fingerprint density at radius 3 is 2.44 bits per heavy atom. The van der Waals surface area contributed by atoms with Gasteiger partial charge in [-0.15, -0.1) is 24.0 Å². The first kappa shape index (κ1) is 23.0. The van der Waals surface area contributed by atoms with Crippen LogP contribution in [0.25, 0.3) is 0 Å². The van der Waals surface area contributed by atoms with Crippen molar-refractivity contribution in [2.75, 3.05) is 32.9 Å². The summed E-state index contributed by atoms with van der Waals surface area (Å²) < 4.78 is 11.3. The first-order valence-corrected chi connectivity index (χ1v) is 10.1. The molecular formula is C19H38IN3O2. The van der Waals surface area contributed by atoms with Crippen LogP contribution in [0.3, 0.4) is 0 Å². The highest BCUT2D eigenvalue weighted by molar-refractivity contribution is 14.0. The van der Waals surface area contributed by atoms with Crippen molar-refractivity contribution in [3.8, 4) is 0 Å². The molecule has 2 N–H and O–H groups in total. The quantitative estimate of drug-likeness (QED) is 0.247. The van der Waals surface area contributed by atoms with Crippen LogP contribution in [0, 0.1) is 5.92 Å². The molecule has 0 aromatic heterocycles. The van der Waals surface area contributed by atoms with Crippen LogP contribution in [-0.2, 0) is 9.47 Å². The lowest BCUT2D eigenvalue weighted by molar-refractivity contribution is -0.0318. The Morgan fingerprint density at radius 2 is 1.80 bits per heavy atom. The van der Waals surface area contributed by atoms with E-state index in [-0.39, 0.29) is 24.0 Å². The van der Waals surface area contributed by atoms with Crippen molar-refractivity contribution in [3.05, 3.63) is 0 Å². The monoisotopic (exact) mass is 467 g/mol. The van der Waals surface area contributed by atoms with Crippen molar-refractivity contribution < 1.29 is 9.47 Å². The zero-order valence-corrected chi connectivity index (χ0v) is 18.4. The van der Waals surface area contributed by atoms with Gasteiger partial charge in [0, 0.05) is 39.0 Å². The maximum atomic E-state index is 5.91. The zero-order valence-electron chi connectivity index (χ0n) is 16.1. The highest BCUT2D eigenvalue weighted by atomic mass is 127. The maximum absolute atomic E-state index is 5.91. The van der Waals surface area contributed by atoms with Gasteiger partial charge in [-0.1, -0.05) is 13.3 Å². The summed E-state index contributed by atoms with van der Waals surface area (Å²) in [6, 6.07) is 0.587. The minimum absolute atomic E-state index is 0. The summed E-state index contributed by atoms with van der Waals surface area (Å²) in [6.45, 7) is 8.66. The largest absolute Gasteiger partial charge is 0.381 e. The molecule has 0 aromatic carbocycles. The summed E-state index contributed by atoms with van der Waals surface area (Å²) in [6.07, 6.45) is 10.0. The molecule has 6 heteroatoms. The summed E-state index contributed by atoms with van der Waals surface area (Å²) in [5.74, 6) is 1.91. The molecule has 1 heterocycles. The van der Waals surface area contributed by atoms with Crippen molar-refractivity contribution in [1.82, 2.24) is 10.6 Å². The Hall–Kier alpha value is -0.0800. The van der Waals surface area contributed by atoms with E-state index < -0.39 is 0 Å². The number of ether oxygens (including phenoxy) is 2. The minimum atomic E-state index is 0. The molecule has 5 nitrogen and oxygen atoms in total. The Balaban J connectivity index is 0.00000312. The van der Waals surface area contributed by atoms with Gasteiger partial charge in [-0.05, 0) is 57.8 Å². The third kappa shape index (κ3) is 9.43. The first-order valence-electron chi connectivity index (χ1n) is 10.1. The zero-order chi connectivity index (χ0) is 17.0. The highest BCUT2D eigenvalue weighted by Crippen LogP contribution is 2.26. The molecule has 0 spiro atoms. The average Bonchev–Trinajstić information content (AvgIpc) is 2.63. The van der Waals surface area contributed by atoms with E-state index in [0.29, 0.717) is 12.1 Å². The van der Waals surface area contributed by atoms with E-state index in [4.69, 9.17) is 14.5 Å². The van der Waals surface area contributed by atoms with E-state index in [9.17, 15) is 0 Å². The fourth-order valence-corrected chi connectivity index (χ4v) is 3.58. The number of rotatable bonds is 8. The van der Waals surface area contributed by atoms with Crippen LogP contribution in [-0.4, -0.2) is 51.0 Å². The van der Waals surface area contributed by atoms with Crippen molar-refractivity contribution in [3.63, 3.8) is 0 Å². The van der Waals surface area contributed by atoms with Crippen LogP contribution in [0.4, 0.5) is 0 Å². The predicted molar refractivity (Wildman–Crippen MR) is 115 cm³/mol. The summed E-state index contributed by atoms with van der Waals surface area (Å²) in [7, 11) is 0. The Bertz CT molecular complexity index is 355. The van der Waals surface area contributed by atoms with Crippen LogP contribution < -0.4 is 10.6 Å². The second kappa shape index (κ2) is 14.0. The van der Waals surface area contributed by atoms with Gasteiger partial charge in [0.15, 0.2) is 5.96 Å². The molecule has 1 aliphatic carbocycles. The van der Waals surface area contributed by atoms with Crippen molar-refractivity contribution in [2.24, 2.45) is 10.9 Å². The van der Waals surface area contributed by atoms with Gasteiger partial charge in [0.25, 0.3) is 0 Å². The van der Waals surface area contributed by atoms with Crippen LogP contribution in [0.15, 0.2) is 4.99 Å². The van der Waals surface area contributed by atoms with Gasteiger partial charge in [-0.25, -0.2) is 0 Å². The highest BCUT2D eigenvalue weighted by Gasteiger charge is 2.20. The molecule has 0 bridgehead atoms. The third-order valence-corrected chi connectivity index (χ3v) is 5.20. The molecular weight excluding hydrogens is 429 g/mol. The SMILES string of the molecule is CCNC(=NCCCOC1CCOCC1)NC1CCC(CC)CC1.I. The topological polar surface area (TPSA) is 54.9 Å². The van der Waals surface area contributed by atoms with Crippen LogP contribution in [0.1, 0.15) is 65.2 Å². The lowest BCUT2D eigenvalue weighted by atomic mass is 9.84. The predicted octanol–water partition coefficient (Wildman–Crippen LogP) is 3.71. The van der Waals surface area contributed by atoms with Gasteiger partial charge in [0.2, 0.25) is 0 Å². The molecule has 2 rings (SSSR count). The summed E-state index contributed by atoms with van der Waals surface area (Å²) in [4.78, 5) is 4.72. The number of hydrogen-bond acceptors (Lipinski definition) is 3. The standard InChI is InChI=1S/C19H37N3O2.HI/c1-3-16-6-8-17(9-7-16)22-19(20-4-2)21-12-5-13-24-18-10-14-23-15-11-18;/h16-18H,3-15H2,1-2H3,(H2,20,21,22);1H. The number of hydrogen-bond donors (Lipinski definition) is 2. The number of guanidine groups is 1. The number of aliphatic imine (C=N–C) groups is 1. The molecule has 1 saturated heterocycles. The second-order valence-corrected chi connectivity index (χ2v) is 7.07. The van der Waals surface area contributed by atoms with E-state index in [2.05, 4.69) is 24.5 Å². The molecule has 0 atom stereocenters. The van der Waals surface area contributed by atoms with Gasteiger partial charge in [0.1, 0.15) is 0 Å². The fraction of sp³-hybridized carbons (Fsp3) is 0.947. The van der Waals surface area contributed by atoms with Gasteiger partial charge in [-0.3, -0.25) is 4.99 Å². The van der Waals surface area contributed by atoms with E-state index >= 15 is 0 Å². The second-order valence-electron chi connectivity index (χ2n) is 7.07. The van der Waals surface area contributed by atoms with E-state index in [1.165, 1.54) is 32.1 Å². The van der Waals surface area contributed by atoms with E-state index in [1.54, 1.807) is 0 Å². The van der Waals surface area contributed by atoms with Gasteiger partial charge in [-0.2, -0.15) is 0 Å². The summed E-state index contributed by atoms with van der Waals surface area (Å²) in [5, 5.41) is 7.00. The van der Waals surface area contributed by atoms with Gasteiger partial charge < -0.3 is 20.1 Å². The molecule has 148 valence electrons. The third-order valence-electron chi connectivity index (χ3n) is 5.20. The first-order chi connectivity index (χ1) is 11.8. The van der Waals surface area contributed by atoms with Gasteiger partial charge >= 0.3 is 0 Å². The Labute approximate surface area is 171 Å². The molecule has 0 amide bonds. The van der Waals surface area contributed by atoms with Gasteiger partial charge in [0.05, 0.1) is 6.10 Å². The molecule has 1 saturated carbocycles. The molecule has 1 aliphatic heterocycles.